The monoisotopic (exact) mass is 526 g/mol. The molecule has 0 aliphatic carbocycles. The lowest BCUT2D eigenvalue weighted by Gasteiger charge is -2.28. The number of amides is 1. The molecule has 2 heterocycles. The first-order chi connectivity index (χ1) is 15.7. The second-order valence-electron chi connectivity index (χ2n) is 7.50. The summed E-state index contributed by atoms with van der Waals surface area (Å²) in [6.07, 6.45) is -0.877. The van der Waals surface area contributed by atoms with E-state index in [0.717, 1.165) is 6.54 Å². The van der Waals surface area contributed by atoms with E-state index in [-0.39, 0.29) is 16.9 Å². The number of carbonyl (C=O) groups excluding carboxylic acids is 1. The third-order valence-electron chi connectivity index (χ3n) is 4.78. The van der Waals surface area contributed by atoms with Gasteiger partial charge in [-0.05, 0) is 48.2 Å². The SMILES string of the molecule is CN(C)CCN(C)c1cc(Br)c(F)cc1N(C=O)Cc1ccc(-c2nnc(C(F)F)o2)cn1. The van der Waals surface area contributed by atoms with E-state index in [4.69, 9.17) is 4.42 Å². The minimum atomic E-state index is -2.86. The second-order valence-corrected chi connectivity index (χ2v) is 8.35. The van der Waals surface area contributed by atoms with Gasteiger partial charge in [0.1, 0.15) is 5.82 Å². The predicted molar refractivity (Wildman–Crippen MR) is 121 cm³/mol. The summed E-state index contributed by atoms with van der Waals surface area (Å²) in [4.78, 5) is 21.5. The van der Waals surface area contributed by atoms with E-state index in [2.05, 4.69) is 31.1 Å². The van der Waals surface area contributed by atoms with E-state index < -0.39 is 18.1 Å². The molecule has 0 spiro atoms. The fraction of sp³-hybridized carbons (Fsp3) is 0.333. The summed E-state index contributed by atoms with van der Waals surface area (Å²) in [5, 5.41) is 6.87. The van der Waals surface area contributed by atoms with Crippen LogP contribution in [0.3, 0.4) is 0 Å². The van der Waals surface area contributed by atoms with Crippen LogP contribution in [-0.2, 0) is 11.3 Å². The number of halogens is 4. The molecule has 0 radical (unpaired) electrons. The molecule has 0 N–H and O–H groups in total. The molecule has 0 atom stereocenters. The van der Waals surface area contributed by atoms with Crippen molar-refractivity contribution in [3.63, 3.8) is 0 Å². The van der Waals surface area contributed by atoms with Gasteiger partial charge in [-0.3, -0.25) is 9.78 Å². The molecule has 176 valence electrons. The van der Waals surface area contributed by atoms with Crippen LogP contribution >= 0.6 is 15.9 Å². The summed E-state index contributed by atoms with van der Waals surface area (Å²) in [6.45, 7) is 1.48. The Morgan fingerprint density at radius 1 is 1.12 bits per heavy atom. The van der Waals surface area contributed by atoms with Crippen molar-refractivity contribution in [1.82, 2.24) is 20.1 Å². The third-order valence-corrected chi connectivity index (χ3v) is 5.39. The molecule has 3 aromatic rings. The fourth-order valence-electron chi connectivity index (χ4n) is 2.97. The molecule has 1 amide bonds. The molecule has 0 saturated heterocycles. The van der Waals surface area contributed by atoms with Crippen LogP contribution in [0.15, 0.2) is 39.4 Å². The molecule has 1 aromatic carbocycles. The summed E-state index contributed by atoms with van der Waals surface area (Å²) in [7, 11) is 5.76. The minimum absolute atomic E-state index is 0.0610. The molecule has 0 fully saturated rings. The van der Waals surface area contributed by atoms with E-state index in [1.165, 1.54) is 17.2 Å². The molecule has 33 heavy (non-hydrogen) atoms. The van der Waals surface area contributed by atoms with Gasteiger partial charge < -0.3 is 19.1 Å². The molecule has 0 unspecified atom stereocenters. The van der Waals surface area contributed by atoms with Crippen LogP contribution in [0.1, 0.15) is 18.0 Å². The summed E-state index contributed by atoms with van der Waals surface area (Å²) in [5.41, 5.74) is 1.90. The summed E-state index contributed by atoms with van der Waals surface area (Å²) in [6, 6.07) is 6.09. The van der Waals surface area contributed by atoms with Crippen LogP contribution in [0.5, 0.6) is 0 Å². The molecular formula is C21H22BrF3N6O2. The van der Waals surface area contributed by atoms with E-state index >= 15 is 0 Å². The second kappa shape index (κ2) is 10.8. The maximum atomic E-state index is 14.4. The molecule has 0 bridgehead atoms. The van der Waals surface area contributed by atoms with Crippen molar-refractivity contribution < 1.29 is 22.4 Å². The largest absolute Gasteiger partial charge is 0.415 e. The van der Waals surface area contributed by atoms with E-state index in [1.807, 2.05) is 30.9 Å². The van der Waals surface area contributed by atoms with Crippen molar-refractivity contribution in [2.75, 3.05) is 44.0 Å². The molecule has 2 aromatic heterocycles. The van der Waals surface area contributed by atoms with Crippen LogP contribution in [0.25, 0.3) is 11.5 Å². The average molecular weight is 527 g/mol. The number of carbonyl (C=O) groups is 1. The van der Waals surface area contributed by atoms with Gasteiger partial charge in [0.25, 0.3) is 5.89 Å². The van der Waals surface area contributed by atoms with Crippen molar-refractivity contribution in [1.29, 1.82) is 0 Å². The highest BCUT2D eigenvalue weighted by Crippen LogP contribution is 2.34. The number of rotatable bonds is 10. The van der Waals surface area contributed by atoms with Crippen LogP contribution in [0.4, 0.5) is 24.5 Å². The molecular weight excluding hydrogens is 505 g/mol. The predicted octanol–water partition coefficient (Wildman–Crippen LogP) is 4.13. The Bertz CT molecular complexity index is 1090. The number of aromatic nitrogens is 3. The standard InChI is InChI=1S/C21H22BrF3N6O2/c1-29(2)6-7-30(3)17-8-15(22)16(23)9-18(17)31(12-32)11-14-5-4-13(10-26-14)20-27-28-21(33-20)19(24)25/h4-5,8-10,12,19H,6-7,11H2,1-3H3. The number of hydrogen-bond donors (Lipinski definition) is 0. The molecule has 0 aliphatic rings. The topological polar surface area (TPSA) is 78.6 Å². The number of anilines is 2. The van der Waals surface area contributed by atoms with Gasteiger partial charge in [-0.25, -0.2) is 4.39 Å². The first-order valence-electron chi connectivity index (χ1n) is 9.83. The Hall–Kier alpha value is -2.99. The first kappa shape index (κ1) is 24.6. The smallest absolute Gasteiger partial charge is 0.314 e. The lowest BCUT2D eigenvalue weighted by molar-refractivity contribution is -0.107. The average Bonchev–Trinajstić information content (AvgIpc) is 3.28. The number of alkyl halides is 2. The number of likely N-dealkylation sites (N-methyl/N-ethyl adjacent to an activating group) is 2. The maximum absolute atomic E-state index is 14.4. The van der Waals surface area contributed by atoms with Gasteiger partial charge in [-0.1, -0.05) is 0 Å². The number of benzene rings is 1. The number of nitrogens with zero attached hydrogens (tertiary/aromatic N) is 6. The van der Waals surface area contributed by atoms with Crippen molar-refractivity contribution in [3.8, 4) is 11.5 Å². The summed E-state index contributed by atoms with van der Waals surface area (Å²) in [5.74, 6) is -1.36. The zero-order valence-electron chi connectivity index (χ0n) is 18.2. The van der Waals surface area contributed by atoms with Gasteiger partial charge in [0, 0.05) is 32.4 Å². The normalized spacial score (nSPS) is 11.3. The van der Waals surface area contributed by atoms with Gasteiger partial charge in [-0.2, -0.15) is 8.78 Å². The van der Waals surface area contributed by atoms with Crippen molar-refractivity contribution in [2.24, 2.45) is 0 Å². The first-order valence-corrected chi connectivity index (χ1v) is 10.6. The zero-order valence-corrected chi connectivity index (χ0v) is 19.8. The Morgan fingerprint density at radius 3 is 2.45 bits per heavy atom. The van der Waals surface area contributed by atoms with E-state index in [9.17, 15) is 18.0 Å². The van der Waals surface area contributed by atoms with Crippen LogP contribution in [-0.4, -0.2) is 60.7 Å². The highest BCUT2D eigenvalue weighted by molar-refractivity contribution is 9.10. The Kier molecular flexibility index (Phi) is 8.03. The van der Waals surface area contributed by atoms with Gasteiger partial charge in [-0.15, -0.1) is 10.2 Å². The molecule has 0 aliphatic heterocycles. The quantitative estimate of drug-likeness (QED) is 0.367. The minimum Gasteiger partial charge on any atom is -0.415 e. The highest BCUT2D eigenvalue weighted by Gasteiger charge is 2.20. The maximum Gasteiger partial charge on any atom is 0.314 e. The van der Waals surface area contributed by atoms with Crippen LogP contribution in [0, 0.1) is 5.82 Å². The third kappa shape index (κ3) is 6.08. The van der Waals surface area contributed by atoms with Crippen LogP contribution < -0.4 is 9.80 Å². The zero-order chi connectivity index (χ0) is 24.1. The van der Waals surface area contributed by atoms with Gasteiger partial charge in [0.15, 0.2) is 0 Å². The fourth-order valence-corrected chi connectivity index (χ4v) is 3.30. The number of hydrogen-bond acceptors (Lipinski definition) is 7. The van der Waals surface area contributed by atoms with E-state index in [0.29, 0.717) is 35.6 Å². The van der Waals surface area contributed by atoms with Crippen molar-refractivity contribution >= 4 is 33.7 Å². The van der Waals surface area contributed by atoms with Crippen molar-refractivity contribution in [2.45, 2.75) is 13.0 Å². The Balaban J connectivity index is 1.84. The van der Waals surface area contributed by atoms with Gasteiger partial charge in [0.2, 0.25) is 12.3 Å². The van der Waals surface area contributed by atoms with E-state index in [1.54, 1.807) is 18.2 Å². The van der Waals surface area contributed by atoms with Gasteiger partial charge >= 0.3 is 6.43 Å². The highest BCUT2D eigenvalue weighted by atomic mass is 79.9. The molecule has 12 heteroatoms. The lowest BCUT2D eigenvalue weighted by Crippen LogP contribution is -2.31. The molecule has 3 rings (SSSR count). The van der Waals surface area contributed by atoms with Gasteiger partial charge in [0.05, 0.1) is 33.6 Å². The van der Waals surface area contributed by atoms with Crippen LogP contribution in [0.2, 0.25) is 0 Å². The molecule has 8 nitrogen and oxygen atoms in total. The number of pyridine rings is 1. The Morgan fingerprint density at radius 2 is 1.88 bits per heavy atom. The lowest BCUT2D eigenvalue weighted by atomic mass is 10.2. The van der Waals surface area contributed by atoms with Crippen molar-refractivity contribution in [3.05, 3.63) is 52.3 Å². The summed E-state index contributed by atoms with van der Waals surface area (Å²) < 4.78 is 44.9. The summed E-state index contributed by atoms with van der Waals surface area (Å²) >= 11 is 3.21. The molecule has 0 saturated carbocycles. The Labute approximate surface area is 197 Å².